The lowest BCUT2D eigenvalue weighted by Gasteiger charge is -2.00. The Morgan fingerprint density at radius 3 is 2.75 bits per heavy atom. The first-order chi connectivity index (χ1) is 3.81. The zero-order valence-electron chi connectivity index (χ0n) is 5.85. The van der Waals surface area contributed by atoms with Crippen molar-refractivity contribution < 1.29 is 5.32 Å². The van der Waals surface area contributed by atoms with Gasteiger partial charge in [0.05, 0.1) is 13.1 Å². The van der Waals surface area contributed by atoms with Gasteiger partial charge in [0.15, 0.2) is 0 Å². The van der Waals surface area contributed by atoms with Gasteiger partial charge in [-0.25, -0.2) is 0 Å². The number of hydrogen-bond acceptors (Lipinski definition) is 0. The molecular formula is C7H16N+. The average molecular weight is 114 g/mol. The van der Waals surface area contributed by atoms with E-state index in [1.165, 1.54) is 13.1 Å². The zero-order valence-corrected chi connectivity index (χ0v) is 5.85. The fourth-order valence-corrected chi connectivity index (χ4v) is 0.526. The second kappa shape index (κ2) is 4.85. The van der Waals surface area contributed by atoms with Crippen LogP contribution in [0.25, 0.3) is 0 Å². The monoisotopic (exact) mass is 114 g/mol. The molecule has 0 saturated carbocycles. The number of hydrogen-bond donors (Lipinski definition) is 1. The van der Waals surface area contributed by atoms with Gasteiger partial charge < -0.3 is 5.32 Å². The third kappa shape index (κ3) is 3.88. The van der Waals surface area contributed by atoms with Crippen molar-refractivity contribution in [2.45, 2.75) is 13.8 Å². The van der Waals surface area contributed by atoms with Crippen LogP contribution in [0.2, 0.25) is 0 Å². The summed E-state index contributed by atoms with van der Waals surface area (Å²) < 4.78 is 0. The summed E-state index contributed by atoms with van der Waals surface area (Å²) in [7, 11) is 0. The predicted molar refractivity (Wildman–Crippen MR) is 36.7 cm³/mol. The van der Waals surface area contributed by atoms with Crippen molar-refractivity contribution in [3.63, 3.8) is 0 Å². The van der Waals surface area contributed by atoms with Crippen LogP contribution in [-0.4, -0.2) is 13.1 Å². The third-order valence-corrected chi connectivity index (χ3v) is 1.23. The van der Waals surface area contributed by atoms with Crippen molar-refractivity contribution in [2.24, 2.45) is 5.92 Å². The second-order valence-electron chi connectivity index (χ2n) is 2.15. The van der Waals surface area contributed by atoms with E-state index in [0.29, 0.717) is 5.92 Å². The summed E-state index contributed by atoms with van der Waals surface area (Å²) in [6.07, 6.45) is 1.99. The van der Waals surface area contributed by atoms with E-state index in [-0.39, 0.29) is 0 Å². The fraction of sp³-hybridized carbons (Fsp3) is 0.714. The highest BCUT2D eigenvalue weighted by Gasteiger charge is 1.93. The maximum absolute atomic E-state index is 3.69. The largest absolute Gasteiger partial charge is 0.346 e. The van der Waals surface area contributed by atoms with Crippen molar-refractivity contribution in [3.05, 3.63) is 12.7 Å². The smallest absolute Gasteiger partial charge is 0.0816 e. The Labute approximate surface area is 51.8 Å². The zero-order chi connectivity index (χ0) is 6.41. The molecule has 0 spiro atoms. The highest BCUT2D eigenvalue weighted by molar-refractivity contribution is 4.72. The Kier molecular flexibility index (Phi) is 4.67. The Morgan fingerprint density at radius 1 is 1.75 bits per heavy atom. The van der Waals surface area contributed by atoms with Crippen molar-refractivity contribution in [1.82, 2.24) is 0 Å². The van der Waals surface area contributed by atoms with Crippen LogP contribution in [-0.2, 0) is 0 Å². The van der Waals surface area contributed by atoms with Crippen LogP contribution in [0, 0.1) is 5.92 Å². The molecule has 1 atom stereocenters. The number of rotatable bonds is 4. The Bertz CT molecular complexity index is 59.4. The van der Waals surface area contributed by atoms with Gasteiger partial charge in [-0.15, -0.1) is 6.58 Å². The molecule has 1 heteroatoms. The van der Waals surface area contributed by atoms with Crippen LogP contribution in [0.15, 0.2) is 12.7 Å². The van der Waals surface area contributed by atoms with E-state index in [9.17, 15) is 0 Å². The quantitative estimate of drug-likeness (QED) is 0.509. The molecule has 0 bridgehead atoms. The normalized spacial score (nSPS) is 13.2. The van der Waals surface area contributed by atoms with Gasteiger partial charge in [-0.1, -0.05) is 13.0 Å². The SMILES string of the molecule is C=CC(C)C[NH2+]CC. The van der Waals surface area contributed by atoms with Crippen LogP contribution >= 0.6 is 0 Å². The molecule has 0 aromatic heterocycles. The Balaban J connectivity index is 2.98. The van der Waals surface area contributed by atoms with Gasteiger partial charge in [0.2, 0.25) is 0 Å². The van der Waals surface area contributed by atoms with Gasteiger partial charge >= 0.3 is 0 Å². The molecule has 0 aromatic rings. The molecule has 0 aromatic carbocycles. The summed E-state index contributed by atoms with van der Waals surface area (Å²) in [5, 5.41) is 2.28. The summed E-state index contributed by atoms with van der Waals surface area (Å²) in [4.78, 5) is 0. The average Bonchev–Trinajstić information content (AvgIpc) is 1.83. The van der Waals surface area contributed by atoms with Gasteiger partial charge in [0.1, 0.15) is 0 Å². The maximum atomic E-state index is 3.69. The molecule has 0 radical (unpaired) electrons. The highest BCUT2D eigenvalue weighted by Crippen LogP contribution is 1.86. The van der Waals surface area contributed by atoms with Crippen molar-refractivity contribution >= 4 is 0 Å². The molecule has 0 aliphatic rings. The minimum Gasteiger partial charge on any atom is -0.346 e. The first kappa shape index (κ1) is 7.70. The molecule has 0 fully saturated rings. The summed E-state index contributed by atoms with van der Waals surface area (Å²) in [6.45, 7) is 10.4. The fourth-order valence-electron chi connectivity index (χ4n) is 0.526. The number of nitrogens with two attached hydrogens (primary N) is 1. The maximum Gasteiger partial charge on any atom is 0.0816 e. The van der Waals surface area contributed by atoms with Crippen molar-refractivity contribution in [3.8, 4) is 0 Å². The molecule has 1 unspecified atom stereocenters. The molecule has 2 N–H and O–H groups in total. The lowest BCUT2D eigenvalue weighted by molar-refractivity contribution is -0.655. The molecule has 0 heterocycles. The van der Waals surface area contributed by atoms with Crippen molar-refractivity contribution in [2.75, 3.05) is 13.1 Å². The molecule has 1 nitrogen and oxygen atoms in total. The van der Waals surface area contributed by atoms with Crippen LogP contribution in [0.4, 0.5) is 0 Å². The molecule has 0 rings (SSSR count). The minimum atomic E-state index is 0.662. The van der Waals surface area contributed by atoms with Crippen LogP contribution in [0.3, 0.4) is 0 Å². The molecule has 0 aliphatic heterocycles. The molecule has 48 valence electrons. The van der Waals surface area contributed by atoms with Crippen LogP contribution in [0.5, 0.6) is 0 Å². The molecule has 0 aliphatic carbocycles. The van der Waals surface area contributed by atoms with Gasteiger partial charge in [0, 0.05) is 5.92 Å². The van der Waals surface area contributed by atoms with Gasteiger partial charge in [-0.3, -0.25) is 0 Å². The predicted octanol–water partition coefficient (Wildman–Crippen LogP) is 0.392. The van der Waals surface area contributed by atoms with E-state index in [4.69, 9.17) is 0 Å². The van der Waals surface area contributed by atoms with E-state index in [1.807, 2.05) is 6.08 Å². The lowest BCUT2D eigenvalue weighted by Crippen LogP contribution is -2.84. The topological polar surface area (TPSA) is 16.6 Å². The van der Waals surface area contributed by atoms with E-state index < -0.39 is 0 Å². The van der Waals surface area contributed by atoms with Crippen LogP contribution < -0.4 is 5.32 Å². The molecular weight excluding hydrogens is 98.1 g/mol. The first-order valence-electron chi connectivity index (χ1n) is 3.25. The summed E-state index contributed by atoms with van der Waals surface area (Å²) in [6, 6.07) is 0. The Morgan fingerprint density at radius 2 is 2.38 bits per heavy atom. The third-order valence-electron chi connectivity index (χ3n) is 1.23. The van der Waals surface area contributed by atoms with Gasteiger partial charge in [-0.05, 0) is 6.92 Å². The van der Waals surface area contributed by atoms with E-state index >= 15 is 0 Å². The van der Waals surface area contributed by atoms with Crippen LogP contribution in [0.1, 0.15) is 13.8 Å². The minimum absolute atomic E-state index is 0.662. The van der Waals surface area contributed by atoms with E-state index in [2.05, 4.69) is 25.7 Å². The molecule has 0 saturated heterocycles. The van der Waals surface area contributed by atoms with E-state index in [0.717, 1.165) is 0 Å². The summed E-state index contributed by atoms with van der Waals surface area (Å²) in [5.41, 5.74) is 0. The molecule has 8 heavy (non-hydrogen) atoms. The standard InChI is InChI=1S/C7H15N/c1-4-7(3)6-8-5-2/h4,7-8H,1,5-6H2,2-3H3/p+1. The summed E-state index contributed by atoms with van der Waals surface area (Å²) >= 11 is 0. The van der Waals surface area contributed by atoms with E-state index in [1.54, 1.807) is 0 Å². The highest BCUT2D eigenvalue weighted by atomic mass is 14.8. The van der Waals surface area contributed by atoms with Gasteiger partial charge in [-0.2, -0.15) is 0 Å². The van der Waals surface area contributed by atoms with Gasteiger partial charge in [0.25, 0.3) is 0 Å². The molecule has 0 amide bonds. The Hall–Kier alpha value is -0.300. The summed E-state index contributed by atoms with van der Waals surface area (Å²) in [5.74, 6) is 0.662. The second-order valence-corrected chi connectivity index (χ2v) is 2.15. The number of quaternary nitrogens is 1. The first-order valence-corrected chi connectivity index (χ1v) is 3.25. The lowest BCUT2D eigenvalue weighted by atomic mass is 10.2. The van der Waals surface area contributed by atoms with Crippen molar-refractivity contribution in [1.29, 1.82) is 0 Å².